The van der Waals surface area contributed by atoms with Gasteiger partial charge >= 0.3 is 0 Å². The lowest BCUT2D eigenvalue weighted by Crippen LogP contribution is -2.30. The minimum atomic E-state index is 0.332. The number of rotatable bonds is 3. The second kappa shape index (κ2) is 6.75. The van der Waals surface area contributed by atoms with Crippen LogP contribution in [0.1, 0.15) is 29.7 Å². The van der Waals surface area contributed by atoms with Gasteiger partial charge < -0.3 is 10.0 Å². The highest BCUT2D eigenvalue weighted by atomic mass is 79.9. The molecule has 22 heavy (non-hydrogen) atoms. The molecule has 1 N–H and O–H groups in total. The lowest BCUT2D eigenvalue weighted by Gasteiger charge is -2.22. The standard InChI is InChI=1S/C17H20BrN3O/c1-12-11-21(8-5-14-3-2-6-19-20-14)7-4-13-9-16(18)17(22)10-15(12)13/h2-3,6,9-10,12,22H,4-5,7-8,11H2,1H3. The van der Waals surface area contributed by atoms with Crippen LogP contribution in [0.4, 0.5) is 0 Å². The van der Waals surface area contributed by atoms with E-state index in [0.29, 0.717) is 11.7 Å². The maximum Gasteiger partial charge on any atom is 0.130 e. The molecule has 0 saturated heterocycles. The van der Waals surface area contributed by atoms with Crippen molar-refractivity contribution in [2.75, 3.05) is 19.6 Å². The third-order valence-corrected chi connectivity index (χ3v) is 4.92. The van der Waals surface area contributed by atoms with Crippen molar-refractivity contribution >= 4 is 15.9 Å². The molecule has 4 nitrogen and oxygen atoms in total. The van der Waals surface area contributed by atoms with Crippen LogP contribution >= 0.6 is 15.9 Å². The molecule has 5 heteroatoms. The predicted molar refractivity (Wildman–Crippen MR) is 90.1 cm³/mol. The molecule has 1 aromatic heterocycles. The molecule has 0 aliphatic carbocycles. The number of aromatic nitrogens is 2. The fourth-order valence-corrected chi connectivity index (χ4v) is 3.48. The Morgan fingerprint density at radius 2 is 2.27 bits per heavy atom. The topological polar surface area (TPSA) is 49.2 Å². The van der Waals surface area contributed by atoms with Crippen molar-refractivity contribution in [2.45, 2.75) is 25.7 Å². The first-order valence-electron chi connectivity index (χ1n) is 7.63. The second-order valence-corrected chi connectivity index (χ2v) is 6.77. The molecule has 0 amide bonds. The van der Waals surface area contributed by atoms with Crippen molar-refractivity contribution in [3.8, 4) is 5.75 Å². The minimum absolute atomic E-state index is 0.332. The van der Waals surface area contributed by atoms with Crippen molar-refractivity contribution in [2.24, 2.45) is 0 Å². The Morgan fingerprint density at radius 3 is 3.05 bits per heavy atom. The SMILES string of the molecule is CC1CN(CCc2cccnn2)CCc2cc(Br)c(O)cc21. The summed E-state index contributed by atoms with van der Waals surface area (Å²) in [7, 11) is 0. The summed E-state index contributed by atoms with van der Waals surface area (Å²) in [6.45, 7) is 5.26. The Labute approximate surface area is 139 Å². The van der Waals surface area contributed by atoms with E-state index in [-0.39, 0.29) is 0 Å². The van der Waals surface area contributed by atoms with Gasteiger partial charge in [0.15, 0.2) is 0 Å². The molecule has 2 aromatic rings. The van der Waals surface area contributed by atoms with E-state index >= 15 is 0 Å². The van der Waals surface area contributed by atoms with E-state index in [1.807, 2.05) is 18.2 Å². The lowest BCUT2D eigenvalue weighted by atomic mass is 9.95. The van der Waals surface area contributed by atoms with Crippen molar-refractivity contribution in [1.29, 1.82) is 0 Å². The van der Waals surface area contributed by atoms with Gasteiger partial charge in [-0.15, -0.1) is 0 Å². The highest BCUT2D eigenvalue weighted by Crippen LogP contribution is 2.33. The van der Waals surface area contributed by atoms with Gasteiger partial charge in [0, 0.05) is 32.3 Å². The summed E-state index contributed by atoms with van der Waals surface area (Å²) >= 11 is 3.42. The van der Waals surface area contributed by atoms with Gasteiger partial charge in [-0.05, 0) is 63.7 Å². The summed E-state index contributed by atoms with van der Waals surface area (Å²) in [6.07, 6.45) is 3.64. The normalized spacial score (nSPS) is 18.7. The molecule has 1 aliphatic rings. The first kappa shape index (κ1) is 15.4. The van der Waals surface area contributed by atoms with E-state index < -0.39 is 0 Å². The Morgan fingerprint density at radius 1 is 1.41 bits per heavy atom. The Hall–Kier alpha value is -1.46. The van der Waals surface area contributed by atoms with E-state index in [1.54, 1.807) is 6.20 Å². The smallest absolute Gasteiger partial charge is 0.130 e. The number of hydrogen-bond acceptors (Lipinski definition) is 4. The molecule has 1 aliphatic heterocycles. The summed E-state index contributed by atoms with van der Waals surface area (Å²) in [5.74, 6) is 0.747. The molecule has 0 fully saturated rings. The van der Waals surface area contributed by atoms with E-state index in [0.717, 1.165) is 42.6 Å². The van der Waals surface area contributed by atoms with Crippen LogP contribution in [0.2, 0.25) is 0 Å². The summed E-state index contributed by atoms with van der Waals surface area (Å²) < 4.78 is 0.784. The van der Waals surface area contributed by atoms with Crippen LogP contribution in [-0.4, -0.2) is 39.8 Å². The molecule has 1 unspecified atom stereocenters. The summed E-state index contributed by atoms with van der Waals surface area (Å²) in [5, 5.41) is 18.0. The molecule has 116 valence electrons. The molecule has 0 saturated carbocycles. The van der Waals surface area contributed by atoms with Gasteiger partial charge in [-0.3, -0.25) is 0 Å². The van der Waals surface area contributed by atoms with Crippen LogP contribution in [0.15, 0.2) is 34.9 Å². The molecule has 3 rings (SSSR count). The zero-order chi connectivity index (χ0) is 15.5. The van der Waals surface area contributed by atoms with Crippen molar-refractivity contribution in [3.63, 3.8) is 0 Å². The summed E-state index contributed by atoms with van der Waals surface area (Å²) in [5.41, 5.74) is 3.64. The molecule has 2 heterocycles. The number of fused-ring (bicyclic) bond motifs is 1. The van der Waals surface area contributed by atoms with Crippen LogP contribution in [0.5, 0.6) is 5.75 Å². The largest absolute Gasteiger partial charge is 0.507 e. The van der Waals surface area contributed by atoms with Gasteiger partial charge in [0.25, 0.3) is 0 Å². The van der Waals surface area contributed by atoms with E-state index in [4.69, 9.17) is 0 Å². The van der Waals surface area contributed by atoms with Crippen molar-refractivity contribution < 1.29 is 5.11 Å². The zero-order valence-electron chi connectivity index (χ0n) is 12.7. The van der Waals surface area contributed by atoms with Crippen molar-refractivity contribution in [1.82, 2.24) is 15.1 Å². The molecular weight excluding hydrogens is 342 g/mol. The number of benzene rings is 1. The van der Waals surface area contributed by atoms with Crippen LogP contribution in [0.25, 0.3) is 0 Å². The van der Waals surface area contributed by atoms with Gasteiger partial charge in [0.1, 0.15) is 5.75 Å². The molecule has 0 bridgehead atoms. The number of phenolic OH excluding ortho intramolecular Hbond substituents is 1. The van der Waals surface area contributed by atoms with E-state index in [2.05, 4.69) is 44.0 Å². The second-order valence-electron chi connectivity index (χ2n) is 5.92. The average molecular weight is 362 g/mol. The number of aromatic hydroxyl groups is 1. The van der Waals surface area contributed by atoms with Crippen LogP contribution in [0.3, 0.4) is 0 Å². The third-order valence-electron chi connectivity index (χ3n) is 4.28. The lowest BCUT2D eigenvalue weighted by molar-refractivity contribution is 0.274. The summed E-state index contributed by atoms with van der Waals surface area (Å²) in [4.78, 5) is 2.48. The molecule has 1 atom stereocenters. The Kier molecular flexibility index (Phi) is 4.74. The monoisotopic (exact) mass is 361 g/mol. The van der Waals surface area contributed by atoms with E-state index in [9.17, 15) is 5.11 Å². The maximum absolute atomic E-state index is 9.93. The predicted octanol–water partition coefficient (Wildman–Crippen LogP) is 3.15. The van der Waals surface area contributed by atoms with Gasteiger partial charge in [-0.1, -0.05) is 6.92 Å². The number of halogens is 1. The van der Waals surface area contributed by atoms with Crippen LogP contribution < -0.4 is 0 Å². The Bertz CT molecular complexity index is 648. The molecule has 0 spiro atoms. The maximum atomic E-state index is 9.93. The number of phenols is 1. The molecule has 1 aromatic carbocycles. The van der Waals surface area contributed by atoms with Gasteiger partial charge in [0.2, 0.25) is 0 Å². The van der Waals surface area contributed by atoms with Gasteiger partial charge in [-0.2, -0.15) is 10.2 Å². The highest BCUT2D eigenvalue weighted by Gasteiger charge is 2.21. The molecule has 0 radical (unpaired) electrons. The third kappa shape index (κ3) is 3.47. The van der Waals surface area contributed by atoms with Gasteiger partial charge in [-0.25, -0.2) is 0 Å². The van der Waals surface area contributed by atoms with E-state index in [1.165, 1.54) is 11.1 Å². The summed E-state index contributed by atoms with van der Waals surface area (Å²) in [6, 6.07) is 7.94. The fourth-order valence-electron chi connectivity index (χ4n) is 3.09. The van der Waals surface area contributed by atoms with Crippen molar-refractivity contribution in [3.05, 3.63) is 51.8 Å². The fraction of sp³-hybridized carbons (Fsp3) is 0.412. The zero-order valence-corrected chi connectivity index (χ0v) is 14.3. The number of nitrogens with zero attached hydrogens (tertiary/aromatic N) is 3. The Balaban J connectivity index is 1.69. The molecular formula is C17H20BrN3O. The quantitative estimate of drug-likeness (QED) is 0.912. The first-order valence-corrected chi connectivity index (χ1v) is 8.43. The van der Waals surface area contributed by atoms with Gasteiger partial charge in [0.05, 0.1) is 10.2 Å². The number of hydrogen-bond donors (Lipinski definition) is 1. The van der Waals surface area contributed by atoms with Crippen LogP contribution in [-0.2, 0) is 12.8 Å². The highest BCUT2D eigenvalue weighted by molar-refractivity contribution is 9.10. The van der Waals surface area contributed by atoms with Crippen LogP contribution in [0, 0.1) is 0 Å². The first-order chi connectivity index (χ1) is 10.6. The average Bonchev–Trinajstić information content (AvgIpc) is 2.67. The minimum Gasteiger partial charge on any atom is -0.507 e.